The summed E-state index contributed by atoms with van der Waals surface area (Å²) in [5.74, 6) is -0.593. The first-order valence-corrected chi connectivity index (χ1v) is 7.48. The van der Waals surface area contributed by atoms with E-state index in [4.69, 9.17) is 4.74 Å². The van der Waals surface area contributed by atoms with E-state index in [-0.39, 0.29) is 24.3 Å². The van der Waals surface area contributed by atoms with Crippen LogP contribution in [0.3, 0.4) is 0 Å². The highest BCUT2D eigenvalue weighted by molar-refractivity contribution is 5.78. The lowest BCUT2D eigenvalue weighted by Gasteiger charge is -2.26. The Labute approximate surface area is 129 Å². The Morgan fingerprint density at radius 2 is 1.95 bits per heavy atom. The van der Waals surface area contributed by atoms with Gasteiger partial charge in [-0.3, -0.25) is 4.79 Å². The highest BCUT2D eigenvalue weighted by Gasteiger charge is 2.21. The normalized spacial score (nSPS) is 16.7. The molecule has 1 atom stereocenters. The fraction of sp³-hybridized carbons (Fsp3) is 0.278. The largest absolute Gasteiger partial charge is 0.481 e. The molecule has 1 amide bonds. The van der Waals surface area contributed by atoms with Gasteiger partial charge in [-0.15, -0.1) is 0 Å². The lowest BCUT2D eigenvalue weighted by molar-refractivity contribution is -0.124. The molecule has 0 bridgehead atoms. The Kier molecular flexibility index (Phi) is 4.37. The summed E-state index contributed by atoms with van der Waals surface area (Å²) >= 11 is 0. The fourth-order valence-electron chi connectivity index (χ4n) is 2.84. The molecule has 1 aliphatic carbocycles. The molecular weight excluding hydrogens is 281 g/mol. The van der Waals surface area contributed by atoms with E-state index in [1.54, 1.807) is 12.1 Å². The Hall–Kier alpha value is -2.36. The molecule has 3 nitrogen and oxygen atoms in total. The molecular formula is C18H18FNO2. The van der Waals surface area contributed by atoms with E-state index in [9.17, 15) is 9.18 Å². The van der Waals surface area contributed by atoms with Crippen LogP contribution in [0, 0.1) is 5.82 Å². The summed E-state index contributed by atoms with van der Waals surface area (Å²) in [7, 11) is 0. The fourth-order valence-corrected chi connectivity index (χ4v) is 2.84. The summed E-state index contributed by atoms with van der Waals surface area (Å²) in [6.07, 6.45) is 3.02. The van der Waals surface area contributed by atoms with Gasteiger partial charge in [0.15, 0.2) is 18.2 Å². The number of para-hydroxylation sites is 1. The second-order valence-corrected chi connectivity index (χ2v) is 5.43. The number of aryl methyl sites for hydroxylation is 1. The van der Waals surface area contributed by atoms with Crippen LogP contribution in [0.25, 0.3) is 0 Å². The number of hydrogen-bond donors (Lipinski definition) is 1. The van der Waals surface area contributed by atoms with E-state index in [1.807, 2.05) is 12.1 Å². The molecule has 0 spiro atoms. The number of amides is 1. The minimum Gasteiger partial charge on any atom is -0.481 e. The number of hydrogen-bond acceptors (Lipinski definition) is 2. The molecule has 0 saturated carbocycles. The summed E-state index contributed by atoms with van der Waals surface area (Å²) in [5, 5.41) is 2.98. The summed E-state index contributed by atoms with van der Waals surface area (Å²) < 4.78 is 18.7. The van der Waals surface area contributed by atoms with Gasteiger partial charge in [-0.25, -0.2) is 4.39 Å². The first-order chi connectivity index (χ1) is 10.7. The van der Waals surface area contributed by atoms with Crippen molar-refractivity contribution in [3.63, 3.8) is 0 Å². The van der Waals surface area contributed by atoms with E-state index in [2.05, 4.69) is 17.4 Å². The molecule has 0 heterocycles. The SMILES string of the molecule is O=C(COc1ccccc1F)N[C@H]1CCCc2ccccc21. The van der Waals surface area contributed by atoms with E-state index < -0.39 is 5.82 Å². The van der Waals surface area contributed by atoms with Crippen LogP contribution < -0.4 is 10.1 Å². The van der Waals surface area contributed by atoms with Crippen LogP contribution in [0.5, 0.6) is 5.75 Å². The highest BCUT2D eigenvalue weighted by Crippen LogP contribution is 2.29. The summed E-state index contributed by atoms with van der Waals surface area (Å²) in [4.78, 5) is 12.0. The van der Waals surface area contributed by atoms with Crippen LogP contribution in [0.1, 0.15) is 30.0 Å². The number of ether oxygens (including phenoxy) is 1. The van der Waals surface area contributed by atoms with Gasteiger partial charge in [0.2, 0.25) is 0 Å². The summed E-state index contributed by atoms with van der Waals surface area (Å²) in [6, 6.07) is 14.3. The number of carbonyl (C=O) groups is 1. The van der Waals surface area contributed by atoms with Gasteiger partial charge in [-0.2, -0.15) is 0 Å². The van der Waals surface area contributed by atoms with E-state index >= 15 is 0 Å². The minimum atomic E-state index is -0.460. The van der Waals surface area contributed by atoms with Crippen LogP contribution in [0.15, 0.2) is 48.5 Å². The van der Waals surface area contributed by atoms with Crippen molar-refractivity contribution in [1.29, 1.82) is 0 Å². The molecule has 0 radical (unpaired) electrons. The van der Waals surface area contributed by atoms with E-state index in [0.717, 1.165) is 19.3 Å². The van der Waals surface area contributed by atoms with Crippen LogP contribution >= 0.6 is 0 Å². The zero-order valence-electron chi connectivity index (χ0n) is 12.2. The van der Waals surface area contributed by atoms with Crippen molar-refractivity contribution >= 4 is 5.91 Å². The molecule has 0 unspecified atom stereocenters. The number of rotatable bonds is 4. The summed E-state index contributed by atoms with van der Waals surface area (Å²) in [6.45, 7) is -0.181. The first kappa shape index (κ1) is 14.6. The van der Waals surface area contributed by atoms with Gasteiger partial charge in [-0.05, 0) is 42.5 Å². The lowest BCUT2D eigenvalue weighted by Crippen LogP contribution is -2.34. The zero-order valence-corrected chi connectivity index (χ0v) is 12.2. The molecule has 2 aromatic carbocycles. The smallest absolute Gasteiger partial charge is 0.258 e. The van der Waals surface area contributed by atoms with Crippen LogP contribution in [0.2, 0.25) is 0 Å². The molecule has 1 aliphatic rings. The van der Waals surface area contributed by atoms with E-state index in [0.29, 0.717) is 0 Å². The predicted molar refractivity (Wildman–Crippen MR) is 82.2 cm³/mol. The third kappa shape index (κ3) is 3.27. The molecule has 4 heteroatoms. The van der Waals surface area contributed by atoms with Crippen molar-refractivity contribution in [3.05, 3.63) is 65.5 Å². The molecule has 22 heavy (non-hydrogen) atoms. The second-order valence-electron chi connectivity index (χ2n) is 5.43. The van der Waals surface area contributed by atoms with Crippen LogP contribution in [-0.2, 0) is 11.2 Å². The van der Waals surface area contributed by atoms with Gasteiger partial charge < -0.3 is 10.1 Å². The molecule has 2 aromatic rings. The number of benzene rings is 2. The van der Waals surface area contributed by atoms with Crippen LogP contribution in [-0.4, -0.2) is 12.5 Å². The minimum absolute atomic E-state index is 0.0154. The first-order valence-electron chi connectivity index (χ1n) is 7.48. The third-order valence-electron chi connectivity index (χ3n) is 3.90. The van der Waals surface area contributed by atoms with Crippen molar-refractivity contribution in [3.8, 4) is 5.75 Å². The maximum Gasteiger partial charge on any atom is 0.258 e. The summed E-state index contributed by atoms with van der Waals surface area (Å²) in [5.41, 5.74) is 2.46. The zero-order chi connectivity index (χ0) is 15.4. The maximum absolute atomic E-state index is 13.4. The molecule has 1 N–H and O–H groups in total. The van der Waals surface area contributed by atoms with Crippen molar-refractivity contribution in [2.45, 2.75) is 25.3 Å². The molecule has 0 saturated heterocycles. The molecule has 3 rings (SSSR count). The number of nitrogens with one attached hydrogen (secondary N) is 1. The molecule has 114 valence electrons. The van der Waals surface area contributed by atoms with Crippen molar-refractivity contribution in [2.24, 2.45) is 0 Å². The highest BCUT2D eigenvalue weighted by atomic mass is 19.1. The number of carbonyl (C=O) groups excluding carboxylic acids is 1. The Morgan fingerprint density at radius 3 is 2.82 bits per heavy atom. The quantitative estimate of drug-likeness (QED) is 0.939. The molecule has 0 fully saturated rings. The number of fused-ring (bicyclic) bond motifs is 1. The Balaban J connectivity index is 1.60. The average molecular weight is 299 g/mol. The lowest BCUT2D eigenvalue weighted by atomic mass is 9.88. The van der Waals surface area contributed by atoms with Gasteiger partial charge in [0.25, 0.3) is 5.91 Å². The van der Waals surface area contributed by atoms with Gasteiger partial charge in [0.05, 0.1) is 6.04 Å². The molecule has 0 aromatic heterocycles. The van der Waals surface area contributed by atoms with Gasteiger partial charge in [0.1, 0.15) is 0 Å². The topological polar surface area (TPSA) is 38.3 Å². The van der Waals surface area contributed by atoms with Crippen molar-refractivity contribution in [1.82, 2.24) is 5.32 Å². The van der Waals surface area contributed by atoms with Gasteiger partial charge in [-0.1, -0.05) is 36.4 Å². The van der Waals surface area contributed by atoms with Gasteiger partial charge in [0, 0.05) is 0 Å². The average Bonchev–Trinajstić information content (AvgIpc) is 2.54. The molecule has 0 aliphatic heterocycles. The number of halogens is 1. The Bertz CT molecular complexity index is 672. The third-order valence-corrected chi connectivity index (χ3v) is 3.90. The van der Waals surface area contributed by atoms with Crippen molar-refractivity contribution < 1.29 is 13.9 Å². The predicted octanol–water partition coefficient (Wildman–Crippen LogP) is 3.40. The van der Waals surface area contributed by atoms with Crippen molar-refractivity contribution in [2.75, 3.05) is 6.61 Å². The standard InChI is InChI=1S/C18H18FNO2/c19-15-9-3-4-11-17(15)22-12-18(21)20-16-10-5-7-13-6-1-2-8-14(13)16/h1-4,6,8-9,11,16H,5,7,10,12H2,(H,20,21)/t16-/m0/s1. The monoisotopic (exact) mass is 299 g/mol. The van der Waals surface area contributed by atoms with E-state index in [1.165, 1.54) is 23.3 Å². The van der Waals surface area contributed by atoms with Crippen LogP contribution in [0.4, 0.5) is 4.39 Å². The van der Waals surface area contributed by atoms with Gasteiger partial charge >= 0.3 is 0 Å². The maximum atomic E-state index is 13.4. The Morgan fingerprint density at radius 1 is 1.18 bits per heavy atom. The second kappa shape index (κ2) is 6.60.